The van der Waals surface area contributed by atoms with Gasteiger partial charge in [0.1, 0.15) is 5.60 Å². The Labute approximate surface area is 61.0 Å². The van der Waals surface area contributed by atoms with Crippen molar-refractivity contribution >= 4 is 11.6 Å². The highest BCUT2D eigenvalue weighted by atomic mass is 35.5. The molecule has 1 nitrogen and oxygen atoms in total. The van der Waals surface area contributed by atoms with Gasteiger partial charge in [0.05, 0.1) is 5.38 Å². The van der Waals surface area contributed by atoms with E-state index < -0.39 is 5.60 Å². The third-order valence-electron chi connectivity index (χ3n) is 1.15. The van der Waals surface area contributed by atoms with Crippen molar-refractivity contribution in [3.8, 4) is 11.8 Å². The maximum atomic E-state index is 9.29. The summed E-state index contributed by atoms with van der Waals surface area (Å²) in [5.74, 6) is 5.20. The first-order valence-corrected chi connectivity index (χ1v) is 3.24. The minimum absolute atomic E-state index is 0.329. The minimum atomic E-state index is -1.05. The van der Waals surface area contributed by atoms with Crippen LogP contribution in [0.4, 0.5) is 0 Å². The van der Waals surface area contributed by atoms with Crippen molar-refractivity contribution in [2.24, 2.45) is 0 Å². The van der Waals surface area contributed by atoms with Crippen molar-refractivity contribution in [3.63, 3.8) is 0 Å². The SMILES string of the molecule is CC#CC(C)(O)C(C)Cl. The van der Waals surface area contributed by atoms with E-state index in [-0.39, 0.29) is 5.38 Å². The molecule has 0 amide bonds. The molecule has 0 aliphatic heterocycles. The molecule has 0 saturated carbocycles. The summed E-state index contributed by atoms with van der Waals surface area (Å²) in [6.45, 7) is 4.99. The van der Waals surface area contributed by atoms with Gasteiger partial charge in [0.25, 0.3) is 0 Å². The monoisotopic (exact) mass is 146 g/mol. The van der Waals surface area contributed by atoms with Crippen LogP contribution in [-0.4, -0.2) is 16.1 Å². The molecule has 2 unspecified atom stereocenters. The lowest BCUT2D eigenvalue weighted by Gasteiger charge is -2.18. The summed E-state index contributed by atoms with van der Waals surface area (Å²) in [5, 5.41) is 8.96. The minimum Gasteiger partial charge on any atom is -0.376 e. The van der Waals surface area contributed by atoms with Gasteiger partial charge >= 0.3 is 0 Å². The predicted octanol–water partition coefficient (Wildman–Crippen LogP) is 1.39. The number of aliphatic hydroxyl groups is 1. The van der Waals surface area contributed by atoms with Crippen LogP contribution in [0.15, 0.2) is 0 Å². The third-order valence-corrected chi connectivity index (χ3v) is 1.58. The van der Waals surface area contributed by atoms with E-state index in [0.29, 0.717) is 0 Å². The third kappa shape index (κ3) is 2.74. The number of halogens is 1. The Morgan fingerprint density at radius 2 is 2.11 bits per heavy atom. The molecule has 0 spiro atoms. The van der Waals surface area contributed by atoms with Crippen LogP contribution < -0.4 is 0 Å². The molecule has 0 rings (SSSR count). The predicted molar refractivity (Wildman–Crippen MR) is 39.4 cm³/mol. The summed E-state index contributed by atoms with van der Waals surface area (Å²) in [4.78, 5) is 0. The summed E-state index contributed by atoms with van der Waals surface area (Å²) in [6.07, 6.45) is 0. The second kappa shape index (κ2) is 3.10. The van der Waals surface area contributed by atoms with Gasteiger partial charge in [-0.25, -0.2) is 0 Å². The first-order chi connectivity index (χ1) is 4.00. The summed E-state index contributed by atoms with van der Waals surface area (Å²) < 4.78 is 0. The maximum Gasteiger partial charge on any atom is 0.138 e. The Morgan fingerprint density at radius 3 is 2.22 bits per heavy atom. The lowest BCUT2D eigenvalue weighted by Crippen LogP contribution is -2.31. The van der Waals surface area contributed by atoms with Crippen LogP contribution in [-0.2, 0) is 0 Å². The number of rotatable bonds is 1. The molecule has 52 valence electrons. The van der Waals surface area contributed by atoms with Crippen molar-refractivity contribution in [3.05, 3.63) is 0 Å². The summed E-state index contributed by atoms with van der Waals surface area (Å²) in [5.41, 5.74) is -1.05. The lowest BCUT2D eigenvalue weighted by molar-refractivity contribution is 0.122. The largest absolute Gasteiger partial charge is 0.376 e. The Balaban J connectivity index is 4.13. The molecule has 0 aromatic heterocycles. The second-order valence-corrected chi connectivity index (χ2v) is 2.79. The van der Waals surface area contributed by atoms with E-state index in [0.717, 1.165) is 0 Å². The average molecular weight is 147 g/mol. The van der Waals surface area contributed by atoms with Gasteiger partial charge < -0.3 is 5.11 Å². The van der Waals surface area contributed by atoms with E-state index in [1.165, 1.54) is 0 Å². The topological polar surface area (TPSA) is 20.2 Å². The van der Waals surface area contributed by atoms with Crippen molar-refractivity contribution in [1.82, 2.24) is 0 Å². The lowest BCUT2D eigenvalue weighted by atomic mass is 10.0. The first kappa shape index (κ1) is 8.81. The Bertz CT molecular complexity index is 139. The smallest absolute Gasteiger partial charge is 0.138 e. The molecule has 0 fully saturated rings. The van der Waals surface area contributed by atoms with Crippen molar-refractivity contribution in [1.29, 1.82) is 0 Å². The zero-order valence-electron chi connectivity index (χ0n) is 5.90. The van der Waals surface area contributed by atoms with E-state index in [1.807, 2.05) is 0 Å². The fraction of sp³-hybridized carbons (Fsp3) is 0.714. The molecule has 0 saturated heterocycles. The molecule has 9 heavy (non-hydrogen) atoms. The Morgan fingerprint density at radius 1 is 1.67 bits per heavy atom. The van der Waals surface area contributed by atoms with Gasteiger partial charge in [-0.1, -0.05) is 5.92 Å². The summed E-state index contributed by atoms with van der Waals surface area (Å²) in [7, 11) is 0. The van der Waals surface area contributed by atoms with E-state index in [2.05, 4.69) is 11.8 Å². The first-order valence-electron chi connectivity index (χ1n) is 2.81. The second-order valence-electron chi connectivity index (χ2n) is 2.14. The fourth-order valence-corrected chi connectivity index (χ4v) is 0.407. The molecular formula is C7H11ClO. The molecule has 0 bridgehead atoms. The molecule has 0 aromatic rings. The quantitative estimate of drug-likeness (QED) is 0.438. The van der Waals surface area contributed by atoms with Crippen LogP contribution in [0, 0.1) is 11.8 Å². The van der Waals surface area contributed by atoms with E-state index in [4.69, 9.17) is 11.6 Å². The fourth-order valence-electron chi connectivity index (χ4n) is 0.353. The van der Waals surface area contributed by atoms with Crippen LogP contribution in [0.5, 0.6) is 0 Å². The van der Waals surface area contributed by atoms with Crippen LogP contribution in [0.1, 0.15) is 20.8 Å². The highest BCUT2D eigenvalue weighted by molar-refractivity contribution is 6.21. The van der Waals surface area contributed by atoms with Gasteiger partial charge in [0.15, 0.2) is 0 Å². The normalized spacial score (nSPS) is 19.2. The van der Waals surface area contributed by atoms with Crippen LogP contribution in [0.2, 0.25) is 0 Å². The van der Waals surface area contributed by atoms with Crippen molar-refractivity contribution < 1.29 is 5.11 Å². The van der Waals surface area contributed by atoms with E-state index >= 15 is 0 Å². The van der Waals surface area contributed by atoms with Gasteiger partial charge in [-0.05, 0) is 20.8 Å². The number of alkyl halides is 1. The average Bonchev–Trinajstić information content (AvgIpc) is 1.65. The van der Waals surface area contributed by atoms with E-state index in [1.54, 1.807) is 20.8 Å². The Hall–Kier alpha value is -0.190. The molecule has 2 atom stereocenters. The zero-order chi connectivity index (χ0) is 7.49. The van der Waals surface area contributed by atoms with Gasteiger partial charge in [-0.15, -0.1) is 17.5 Å². The molecule has 0 radical (unpaired) electrons. The van der Waals surface area contributed by atoms with E-state index in [9.17, 15) is 5.11 Å². The van der Waals surface area contributed by atoms with Gasteiger partial charge in [-0.3, -0.25) is 0 Å². The maximum absolute atomic E-state index is 9.29. The van der Waals surface area contributed by atoms with Crippen LogP contribution in [0.3, 0.4) is 0 Å². The van der Waals surface area contributed by atoms with Crippen molar-refractivity contribution in [2.75, 3.05) is 0 Å². The summed E-state index contributed by atoms with van der Waals surface area (Å²) in [6, 6.07) is 0. The zero-order valence-corrected chi connectivity index (χ0v) is 6.66. The molecule has 0 aromatic carbocycles. The van der Waals surface area contributed by atoms with Crippen LogP contribution >= 0.6 is 11.6 Å². The molecule has 0 aliphatic rings. The molecule has 0 heterocycles. The highest BCUT2D eigenvalue weighted by Gasteiger charge is 2.23. The standard InChI is InChI=1S/C7H11ClO/c1-4-5-7(3,9)6(2)8/h6,9H,1-3H3. The van der Waals surface area contributed by atoms with Crippen LogP contribution in [0.25, 0.3) is 0 Å². The highest BCUT2D eigenvalue weighted by Crippen LogP contribution is 2.13. The van der Waals surface area contributed by atoms with Gasteiger partial charge in [0, 0.05) is 0 Å². The molecule has 1 N–H and O–H groups in total. The van der Waals surface area contributed by atoms with Gasteiger partial charge in [0.2, 0.25) is 0 Å². The number of hydrogen-bond acceptors (Lipinski definition) is 1. The molecule has 0 aliphatic carbocycles. The van der Waals surface area contributed by atoms with Crippen molar-refractivity contribution in [2.45, 2.75) is 31.7 Å². The Kier molecular flexibility index (Phi) is 3.03. The molecule has 2 heteroatoms. The summed E-state index contributed by atoms with van der Waals surface area (Å²) >= 11 is 5.60. The molecular weight excluding hydrogens is 136 g/mol. The van der Waals surface area contributed by atoms with Gasteiger partial charge in [-0.2, -0.15) is 0 Å². The number of hydrogen-bond donors (Lipinski definition) is 1.